The molecule has 2 aromatic heterocycles. The van der Waals surface area contributed by atoms with Crippen LogP contribution in [0.15, 0.2) is 42.6 Å². The highest BCUT2D eigenvalue weighted by Crippen LogP contribution is 2.22. The molecule has 0 bridgehead atoms. The van der Waals surface area contributed by atoms with Gasteiger partial charge in [-0.25, -0.2) is 9.07 Å². The lowest BCUT2D eigenvalue weighted by Crippen LogP contribution is -1.99. The zero-order valence-electron chi connectivity index (χ0n) is 11.2. The largest absolute Gasteiger partial charge is 0.261 e. The fourth-order valence-electron chi connectivity index (χ4n) is 2.03. The van der Waals surface area contributed by atoms with E-state index in [0.717, 1.165) is 28.3 Å². The van der Waals surface area contributed by atoms with Gasteiger partial charge in [0.25, 0.3) is 0 Å². The second-order valence-corrected chi connectivity index (χ2v) is 4.60. The normalized spacial score (nSPS) is 10.8. The molecule has 0 saturated heterocycles. The molecule has 0 radical (unpaired) electrons. The van der Waals surface area contributed by atoms with Crippen molar-refractivity contribution in [3.63, 3.8) is 0 Å². The number of nitrogens with zero attached hydrogens (tertiary/aromatic N) is 4. The van der Waals surface area contributed by atoms with E-state index in [1.165, 1.54) is 12.1 Å². The maximum absolute atomic E-state index is 13.0. The summed E-state index contributed by atoms with van der Waals surface area (Å²) in [5.41, 5.74) is 4.32. The first-order valence-corrected chi connectivity index (χ1v) is 6.26. The summed E-state index contributed by atoms with van der Waals surface area (Å²) in [4.78, 5) is 4.26. The zero-order chi connectivity index (χ0) is 14.1. The molecule has 100 valence electrons. The first kappa shape index (κ1) is 12.5. The third-order valence-electron chi connectivity index (χ3n) is 3.15. The third kappa shape index (κ3) is 2.18. The standard InChI is InChI=1S/C15H13FN4/c1-10-3-4-12(9-17-10)15-11(2)20(19-18-15)14-7-5-13(16)6-8-14/h3-9H,1-2H3. The van der Waals surface area contributed by atoms with E-state index in [4.69, 9.17) is 0 Å². The Morgan fingerprint density at radius 3 is 2.40 bits per heavy atom. The molecule has 0 fully saturated rings. The summed E-state index contributed by atoms with van der Waals surface area (Å²) in [7, 11) is 0. The first-order valence-electron chi connectivity index (χ1n) is 6.26. The smallest absolute Gasteiger partial charge is 0.123 e. The van der Waals surface area contributed by atoms with Crippen LogP contribution in [-0.2, 0) is 0 Å². The van der Waals surface area contributed by atoms with Crippen molar-refractivity contribution < 1.29 is 4.39 Å². The summed E-state index contributed by atoms with van der Waals surface area (Å²) in [5.74, 6) is -0.269. The van der Waals surface area contributed by atoms with Crippen molar-refractivity contribution in [2.24, 2.45) is 0 Å². The second-order valence-electron chi connectivity index (χ2n) is 4.60. The van der Waals surface area contributed by atoms with E-state index < -0.39 is 0 Å². The molecule has 0 atom stereocenters. The number of halogens is 1. The van der Waals surface area contributed by atoms with Crippen molar-refractivity contribution in [3.05, 3.63) is 59.8 Å². The SMILES string of the molecule is Cc1ccc(-c2nnn(-c3ccc(F)cc3)c2C)cn1. The molecule has 0 spiro atoms. The number of hydrogen-bond acceptors (Lipinski definition) is 3. The lowest BCUT2D eigenvalue weighted by molar-refractivity contribution is 0.626. The number of hydrogen-bond donors (Lipinski definition) is 0. The molecular formula is C15H13FN4. The number of pyridine rings is 1. The average Bonchev–Trinajstić information content (AvgIpc) is 2.83. The van der Waals surface area contributed by atoms with Crippen LogP contribution in [0.4, 0.5) is 4.39 Å². The number of benzene rings is 1. The van der Waals surface area contributed by atoms with Gasteiger partial charge in [-0.05, 0) is 50.2 Å². The maximum atomic E-state index is 13.0. The molecule has 2 heterocycles. The summed E-state index contributed by atoms with van der Waals surface area (Å²) in [6, 6.07) is 10.1. The monoisotopic (exact) mass is 268 g/mol. The molecule has 0 aliphatic carbocycles. The Hall–Kier alpha value is -2.56. The van der Waals surface area contributed by atoms with Gasteiger partial charge in [-0.15, -0.1) is 5.10 Å². The van der Waals surface area contributed by atoms with Gasteiger partial charge < -0.3 is 0 Å². The zero-order valence-corrected chi connectivity index (χ0v) is 11.2. The van der Waals surface area contributed by atoms with Crippen LogP contribution in [0, 0.1) is 19.7 Å². The van der Waals surface area contributed by atoms with E-state index in [1.54, 1.807) is 23.0 Å². The molecule has 3 rings (SSSR count). The van der Waals surface area contributed by atoms with Crippen molar-refractivity contribution in [2.75, 3.05) is 0 Å². The van der Waals surface area contributed by atoms with E-state index >= 15 is 0 Å². The Balaban J connectivity index is 2.04. The highest BCUT2D eigenvalue weighted by molar-refractivity contribution is 5.60. The van der Waals surface area contributed by atoms with Gasteiger partial charge in [0.2, 0.25) is 0 Å². The lowest BCUT2D eigenvalue weighted by atomic mass is 10.1. The molecule has 0 saturated carbocycles. The lowest BCUT2D eigenvalue weighted by Gasteiger charge is -2.03. The highest BCUT2D eigenvalue weighted by atomic mass is 19.1. The van der Waals surface area contributed by atoms with E-state index in [9.17, 15) is 4.39 Å². The molecule has 0 aliphatic rings. The summed E-state index contributed by atoms with van der Waals surface area (Å²) in [6.45, 7) is 3.87. The predicted octanol–water partition coefficient (Wildman–Crippen LogP) is 3.09. The van der Waals surface area contributed by atoms with E-state index in [-0.39, 0.29) is 5.82 Å². The van der Waals surface area contributed by atoms with Gasteiger partial charge in [-0.1, -0.05) is 5.21 Å². The Labute approximate surface area is 115 Å². The van der Waals surface area contributed by atoms with Crippen molar-refractivity contribution in [3.8, 4) is 16.9 Å². The van der Waals surface area contributed by atoms with Crippen LogP contribution in [0.2, 0.25) is 0 Å². The van der Waals surface area contributed by atoms with Crippen molar-refractivity contribution >= 4 is 0 Å². The van der Waals surface area contributed by atoms with Gasteiger partial charge in [-0.3, -0.25) is 4.98 Å². The number of aryl methyl sites for hydroxylation is 1. The van der Waals surface area contributed by atoms with Gasteiger partial charge in [0.1, 0.15) is 11.5 Å². The maximum Gasteiger partial charge on any atom is 0.123 e. The molecule has 0 unspecified atom stereocenters. The third-order valence-corrected chi connectivity index (χ3v) is 3.15. The van der Waals surface area contributed by atoms with Crippen LogP contribution in [-0.4, -0.2) is 20.0 Å². The van der Waals surface area contributed by atoms with Gasteiger partial charge >= 0.3 is 0 Å². The molecule has 0 aliphatic heterocycles. The van der Waals surface area contributed by atoms with E-state index in [1.807, 2.05) is 26.0 Å². The van der Waals surface area contributed by atoms with Crippen molar-refractivity contribution in [1.82, 2.24) is 20.0 Å². The quantitative estimate of drug-likeness (QED) is 0.717. The minimum absolute atomic E-state index is 0.269. The van der Waals surface area contributed by atoms with Crippen LogP contribution < -0.4 is 0 Å². The number of aromatic nitrogens is 4. The molecule has 3 aromatic rings. The van der Waals surface area contributed by atoms with Crippen LogP contribution in [0.5, 0.6) is 0 Å². The molecule has 4 nitrogen and oxygen atoms in total. The summed E-state index contributed by atoms with van der Waals surface area (Å²) >= 11 is 0. The minimum atomic E-state index is -0.269. The number of rotatable bonds is 2. The van der Waals surface area contributed by atoms with Crippen LogP contribution in [0.1, 0.15) is 11.4 Å². The van der Waals surface area contributed by atoms with Gasteiger partial charge in [0.05, 0.1) is 11.4 Å². The fourth-order valence-corrected chi connectivity index (χ4v) is 2.03. The van der Waals surface area contributed by atoms with Gasteiger partial charge in [-0.2, -0.15) is 0 Å². The fraction of sp³-hybridized carbons (Fsp3) is 0.133. The second kappa shape index (κ2) is 4.85. The molecule has 0 N–H and O–H groups in total. The average molecular weight is 268 g/mol. The predicted molar refractivity (Wildman–Crippen MR) is 74.0 cm³/mol. The Kier molecular flexibility index (Phi) is 3.02. The molecule has 0 amide bonds. The van der Waals surface area contributed by atoms with Gasteiger partial charge in [0.15, 0.2) is 0 Å². The topological polar surface area (TPSA) is 43.6 Å². The summed E-state index contributed by atoms with van der Waals surface area (Å²) in [6.07, 6.45) is 1.78. The van der Waals surface area contributed by atoms with Crippen LogP contribution in [0.25, 0.3) is 16.9 Å². The molecule has 20 heavy (non-hydrogen) atoms. The minimum Gasteiger partial charge on any atom is -0.261 e. The Morgan fingerprint density at radius 1 is 1.00 bits per heavy atom. The molecule has 1 aromatic carbocycles. The van der Waals surface area contributed by atoms with Gasteiger partial charge in [0, 0.05) is 17.5 Å². The van der Waals surface area contributed by atoms with Crippen molar-refractivity contribution in [1.29, 1.82) is 0 Å². The molecule has 5 heteroatoms. The van der Waals surface area contributed by atoms with Crippen LogP contribution in [0.3, 0.4) is 0 Å². The van der Waals surface area contributed by atoms with E-state index in [0.29, 0.717) is 0 Å². The van der Waals surface area contributed by atoms with E-state index in [2.05, 4.69) is 15.3 Å². The Morgan fingerprint density at radius 2 is 1.75 bits per heavy atom. The molecular weight excluding hydrogens is 255 g/mol. The van der Waals surface area contributed by atoms with Crippen molar-refractivity contribution in [2.45, 2.75) is 13.8 Å². The van der Waals surface area contributed by atoms with Crippen LogP contribution >= 0.6 is 0 Å². The highest BCUT2D eigenvalue weighted by Gasteiger charge is 2.12. The summed E-state index contributed by atoms with van der Waals surface area (Å²) < 4.78 is 14.6. The Bertz CT molecular complexity index is 667. The summed E-state index contributed by atoms with van der Waals surface area (Å²) in [5, 5.41) is 8.32. The first-order chi connectivity index (χ1) is 9.65.